The molecule has 1 atom stereocenters. The van der Waals surface area contributed by atoms with Crippen molar-refractivity contribution in [1.29, 1.82) is 0 Å². The minimum Gasteiger partial charge on any atom is -0.389 e. The van der Waals surface area contributed by atoms with Gasteiger partial charge in [-0.25, -0.2) is 4.79 Å². The fourth-order valence-corrected chi connectivity index (χ4v) is 2.35. The summed E-state index contributed by atoms with van der Waals surface area (Å²) in [6, 6.07) is 9.13. The van der Waals surface area contributed by atoms with Crippen LogP contribution in [0.4, 0.5) is 11.4 Å². The minimum atomic E-state index is -1.27. The van der Waals surface area contributed by atoms with Crippen molar-refractivity contribution < 1.29 is 29.0 Å². The standard InChI is InChI=1S/C18H14N2O8/c1-2-15(16(21)11-3-7-13(8-4-11)19(24)25)18(23)28-17(22)12-5-9-14(10-6-12)20(26)27/h3-10,15H,2H2,1H3. The number of nitro groups is 2. The molecule has 0 saturated heterocycles. The van der Waals surface area contributed by atoms with E-state index in [1.807, 2.05) is 0 Å². The Kier molecular flexibility index (Phi) is 6.27. The summed E-state index contributed by atoms with van der Waals surface area (Å²) in [4.78, 5) is 56.8. The van der Waals surface area contributed by atoms with E-state index in [9.17, 15) is 34.6 Å². The summed E-state index contributed by atoms with van der Waals surface area (Å²) >= 11 is 0. The number of esters is 2. The Hall–Kier alpha value is -3.95. The van der Waals surface area contributed by atoms with Crippen LogP contribution in [0.25, 0.3) is 0 Å². The molecule has 0 bridgehead atoms. The maximum atomic E-state index is 12.5. The molecule has 1 unspecified atom stereocenters. The van der Waals surface area contributed by atoms with Crippen molar-refractivity contribution in [3.63, 3.8) is 0 Å². The monoisotopic (exact) mass is 386 g/mol. The first-order chi connectivity index (χ1) is 13.2. The number of carbonyl (C=O) groups is 3. The van der Waals surface area contributed by atoms with Crippen LogP contribution in [0.2, 0.25) is 0 Å². The lowest BCUT2D eigenvalue weighted by Gasteiger charge is -2.12. The number of nitro benzene ring substituents is 2. The highest BCUT2D eigenvalue weighted by molar-refractivity contribution is 6.11. The average molecular weight is 386 g/mol. The SMILES string of the molecule is CCC(C(=O)OC(=O)c1ccc([N+](=O)[O-])cc1)C(=O)c1ccc([N+](=O)[O-])cc1. The summed E-state index contributed by atoms with van der Waals surface area (Å²) in [5, 5.41) is 21.3. The minimum absolute atomic E-state index is 0.0438. The number of non-ortho nitro benzene ring substituents is 2. The predicted octanol–water partition coefficient (Wildman–Crippen LogP) is 3.10. The molecular formula is C18H14N2O8. The summed E-state index contributed by atoms with van der Waals surface area (Å²) < 4.78 is 4.72. The van der Waals surface area contributed by atoms with Crippen molar-refractivity contribution in [3.8, 4) is 0 Å². The van der Waals surface area contributed by atoms with Gasteiger partial charge in [-0.05, 0) is 30.7 Å². The third-order valence-corrected chi connectivity index (χ3v) is 3.88. The highest BCUT2D eigenvalue weighted by Gasteiger charge is 2.30. The van der Waals surface area contributed by atoms with E-state index in [0.29, 0.717) is 0 Å². The second-order valence-corrected chi connectivity index (χ2v) is 5.64. The summed E-state index contributed by atoms with van der Waals surface area (Å²) in [5.74, 6) is -4.04. The Labute approximate surface area is 158 Å². The van der Waals surface area contributed by atoms with Crippen molar-refractivity contribution in [2.75, 3.05) is 0 Å². The summed E-state index contributed by atoms with van der Waals surface area (Å²) in [5.41, 5.74) is -0.461. The third-order valence-electron chi connectivity index (χ3n) is 3.88. The molecule has 0 aliphatic carbocycles. The summed E-state index contributed by atoms with van der Waals surface area (Å²) in [7, 11) is 0. The number of nitrogens with zero attached hydrogens (tertiary/aromatic N) is 2. The van der Waals surface area contributed by atoms with Crippen LogP contribution in [-0.2, 0) is 9.53 Å². The average Bonchev–Trinajstić information content (AvgIpc) is 2.68. The van der Waals surface area contributed by atoms with Crippen molar-refractivity contribution in [3.05, 3.63) is 79.9 Å². The first kappa shape index (κ1) is 20.4. The Morgan fingerprint density at radius 2 is 1.29 bits per heavy atom. The zero-order chi connectivity index (χ0) is 20.8. The lowest BCUT2D eigenvalue weighted by molar-refractivity contribution is -0.385. The van der Waals surface area contributed by atoms with Gasteiger partial charge in [0.05, 0.1) is 15.4 Å². The summed E-state index contributed by atoms with van der Waals surface area (Å²) in [6.45, 7) is 1.55. The lowest BCUT2D eigenvalue weighted by Crippen LogP contribution is -2.27. The molecule has 0 saturated carbocycles. The van der Waals surface area contributed by atoms with E-state index in [4.69, 9.17) is 4.74 Å². The number of benzene rings is 2. The van der Waals surface area contributed by atoms with E-state index in [2.05, 4.69) is 0 Å². The third kappa shape index (κ3) is 4.61. The van der Waals surface area contributed by atoms with Crippen molar-refractivity contribution in [2.24, 2.45) is 5.92 Å². The molecule has 0 heterocycles. The lowest BCUT2D eigenvalue weighted by atomic mass is 9.95. The molecule has 144 valence electrons. The van der Waals surface area contributed by atoms with Crippen LogP contribution < -0.4 is 0 Å². The van der Waals surface area contributed by atoms with Gasteiger partial charge in [0, 0.05) is 29.8 Å². The number of ether oxygens (including phenoxy) is 1. The number of ketones is 1. The molecule has 2 aromatic rings. The number of Topliss-reactive ketones (excluding diaryl/α,β-unsaturated/α-hetero) is 1. The topological polar surface area (TPSA) is 147 Å². The molecule has 0 aromatic heterocycles. The van der Waals surface area contributed by atoms with Crippen LogP contribution >= 0.6 is 0 Å². The maximum absolute atomic E-state index is 12.5. The highest BCUT2D eigenvalue weighted by atomic mass is 16.6. The van der Waals surface area contributed by atoms with Crippen LogP contribution in [0, 0.1) is 26.1 Å². The molecule has 0 amide bonds. The molecule has 10 heteroatoms. The van der Waals surface area contributed by atoms with E-state index in [1.165, 1.54) is 12.1 Å². The number of rotatable bonds is 7. The van der Waals surface area contributed by atoms with Crippen molar-refractivity contribution >= 4 is 29.1 Å². The normalized spacial score (nSPS) is 11.3. The molecule has 2 aromatic carbocycles. The van der Waals surface area contributed by atoms with Gasteiger partial charge in [-0.3, -0.25) is 29.8 Å². The summed E-state index contributed by atoms with van der Waals surface area (Å²) in [6.07, 6.45) is 0.0438. The first-order valence-electron chi connectivity index (χ1n) is 8.03. The molecule has 0 spiro atoms. The molecular weight excluding hydrogens is 372 g/mol. The molecule has 0 N–H and O–H groups in total. The molecule has 0 radical (unpaired) electrons. The Balaban J connectivity index is 2.11. The van der Waals surface area contributed by atoms with E-state index < -0.39 is 33.5 Å². The number of hydrogen-bond donors (Lipinski definition) is 0. The van der Waals surface area contributed by atoms with Crippen LogP contribution in [0.5, 0.6) is 0 Å². The van der Waals surface area contributed by atoms with Gasteiger partial charge in [0.1, 0.15) is 5.92 Å². The largest absolute Gasteiger partial charge is 0.389 e. The van der Waals surface area contributed by atoms with E-state index in [-0.39, 0.29) is 28.9 Å². The van der Waals surface area contributed by atoms with Gasteiger partial charge < -0.3 is 4.74 Å². The van der Waals surface area contributed by atoms with E-state index in [1.54, 1.807) is 6.92 Å². The molecule has 28 heavy (non-hydrogen) atoms. The van der Waals surface area contributed by atoms with Crippen molar-refractivity contribution in [2.45, 2.75) is 13.3 Å². The van der Waals surface area contributed by atoms with Crippen molar-refractivity contribution in [1.82, 2.24) is 0 Å². The quantitative estimate of drug-likeness (QED) is 0.232. The molecule has 10 nitrogen and oxygen atoms in total. The zero-order valence-corrected chi connectivity index (χ0v) is 14.6. The van der Waals surface area contributed by atoms with Crippen LogP contribution in [0.3, 0.4) is 0 Å². The molecule has 0 aliphatic heterocycles. The fraction of sp³-hybridized carbons (Fsp3) is 0.167. The van der Waals surface area contributed by atoms with Gasteiger partial charge in [-0.1, -0.05) is 6.92 Å². The van der Waals surface area contributed by atoms with Crippen LogP contribution in [0.1, 0.15) is 34.1 Å². The van der Waals surface area contributed by atoms with Gasteiger partial charge in [0.25, 0.3) is 11.4 Å². The maximum Gasteiger partial charge on any atom is 0.345 e. The number of carbonyl (C=O) groups excluding carboxylic acids is 3. The van der Waals surface area contributed by atoms with Gasteiger partial charge >= 0.3 is 11.9 Å². The first-order valence-corrected chi connectivity index (χ1v) is 8.03. The molecule has 0 aliphatic rings. The second kappa shape index (κ2) is 8.62. The zero-order valence-electron chi connectivity index (χ0n) is 14.6. The Bertz CT molecular complexity index is 935. The van der Waals surface area contributed by atoms with Crippen LogP contribution in [0.15, 0.2) is 48.5 Å². The molecule has 0 fully saturated rings. The highest BCUT2D eigenvalue weighted by Crippen LogP contribution is 2.19. The van der Waals surface area contributed by atoms with Gasteiger partial charge in [-0.15, -0.1) is 0 Å². The van der Waals surface area contributed by atoms with E-state index >= 15 is 0 Å². The van der Waals surface area contributed by atoms with Crippen LogP contribution in [-0.4, -0.2) is 27.6 Å². The smallest absolute Gasteiger partial charge is 0.345 e. The molecule has 2 rings (SSSR count). The van der Waals surface area contributed by atoms with E-state index in [0.717, 1.165) is 36.4 Å². The fourth-order valence-electron chi connectivity index (χ4n) is 2.35. The Morgan fingerprint density at radius 3 is 1.68 bits per heavy atom. The Morgan fingerprint density at radius 1 is 0.857 bits per heavy atom. The van der Waals surface area contributed by atoms with Gasteiger partial charge in [0.2, 0.25) is 0 Å². The predicted molar refractivity (Wildman–Crippen MR) is 94.7 cm³/mol. The van der Waals surface area contributed by atoms with Gasteiger partial charge in [0.15, 0.2) is 5.78 Å². The second-order valence-electron chi connectivity index (χ2n) is 5.64. The number of hydrogen-bond acceptors (Lipinski definition) is 8. The van der Waals surface area contributed by atoms with Gasteiger partial charge in [-0.2, -0.15) is 0 Å².